The molecule has 1 heterocycles. The molecule has 2 N–H and O–H groups in total. The molecule has 0 saturated heterocycles. The second-order valence-electron chi connectivity index (χ2n) is 6.11. The number of hydrogen-bond acceptors (Lipinski definition) is 4. The zero-order valence-corrected chi connectivity index (χ0v) is 13.2. The summed E-state index contributed by atoms with van der Waals surface area (Å²) in [6.45, 7) is 4.87. The van der Waals surface area contributed by atoms with Gasteiger partial charge in [0.05, 0.1) is 24.1 Å². The molecule has 0 aliphatic heterocycles. The molecule has 1 fully saturated rings. The van der Waals surface area contributed by atoms with E-state index in [4.69, 9.17) is 9.84 Å². The van der Waals surface area contributed by atoms with Crippen molar-refractivity contribution in [1.82, 2.24) is 15.1 Å². The summed E-state index contributed by atoms with van der Waals surface area (Å²) in [7, 11) is 1.40. The van der Waals surface area contributed by atoms with Gasteiger partial charge < -0.3 is 15.2 Å². The minimum atomic E-state index is -1.11. The topological polar surface area (TPSA) is 93.5 Å². The van der Waals surface area contributed by atoms with Gasteiger partial charge in [-0.2, -0.15) is 5.10 Å². The minimum absolute atomic E-state index is 0.0695. The second kappa shape index (κ2) is 6.91. The summed E-state index contributed by atoms with van der Waals surface area (Å²) in [4.78, 5) is 23.5. The van der Waals surface area contributed by atoms with Crippen LogP contribution >= 0.6 is 0 Å². The summed E-state index contributed by atoms with van der Waals surface area (Å²) < 4.78 is 6.71. The zero-order valence-electron chi connectivity index (χ0n) is 13.2. The molecule has 1 atom stereocenters. The lowest BCUT2D eigenvalue weighted by molar-refractivity contribution is -0.140. The van der Waals surface area contributed by atoms with Crippen LogP contribution in [0.2, 0.25) is 0 Å². The SMILES string of the molecule is COCC(NC(=O)c1cnn(CC(C)C)c1C1CC1)C(=O)O. The van der Waals surface area contributed by atoms with Crippen molar-refractivity contribution >= 4 is 11.9 Å². The third-order valence-electron chi connectivity index (χ3n) is 3.56. The molecule has 0 radical (unpaired) electrons. The molecule has 0 bridgehead atoms. The first-order chi connectivity index (χ1) is 10.4. The van der Waals surface area contributed by atoms with E-state index in [2.05, 4.69) is 24.3 Å². The van der Waals surface area contributed by atoms with Gasteiger partial charge in [0, 0.05) is 19.6 Å². The van der Waals surface area contributed by atoms with Crippen molar-refractivity contribution < 1.29 is 19.4 Å². The summed E-state index contributed by atoms with van der Waals surface area (Å²) in [5, 5.41) is 15.9. The standard InChI is InChI=1S/C15H23N3O4/c1-9(2)7-18-13(10-4-5-10)11(6-16-18)14(19)17-12(8-22-3)15(20)21/h6,9-10,12H,4-5,7-8H2,1-3H3,(H,17,19)(H,20,21). The maximum absolute atomic E-state index is 12.4. The van der Waals surface area contributed by atoms with E-state index in [0.29, 0.717) is 17.4 Å². The van der Waals surface area contributed by atoms with Gasteiger partial charge in [-0.25, -0.2) is 4.79 Å². The number of aromatic nitrogens is 2. The Bertz CT molecular complexity index is 549. The largest absolute Gasteiger partial charge is 0.480 e. The van der Waals surface area contributed by atoms with E-state index < -0.39 is 17.9 Å². The number of methoxy groups -OCH3 is 1. The first-order valence-electron chi connectivity index (χ1n) is 7.52. The highest BCUT2D eigenvalue weighted by Crippen LogP contribution is 2.41. The van der Waals surface area contributed by atoms with Crippen molar-refractivity contribution in [3.05, 3.63) is 17.5 Å². The van der Waals surface area contributed by atoms with Crippen molar-refractivity contribution in [2.24, 2.45) is 5.92 Å². The number of aliphatic carboxylic acids is 1. The molecule has 2 rings (SSSR count). The predicted molar refractivity (Wildman–Crippen MR) is 79.8 cm³/mol. The van der Waals surface area contributed by atoms with Crippen LogP contribution in [0.1, 0.15) is 48.7 Å². The van der Waals surface area contributed by atoms with Gasteiger partial charge in [0.25, 0.3) is 5.91 Å². The maximum Gasteiger partial charge on any atom is 0.328 e. The first kappa shape index (κ1) is 16.5. The van der Waals surface area contributed by atoms with Gasteiger partial charge in [-0.1, -0.05) is 13.8 Å². The predicted octanol–water partition coefficient (Wildman–Crippen LogP) is 1.25. The number of amides is 1. The lowest BCUT2D eigenvalue weighted by Crippen LogP contribution is -2.44. The van der Waals surface area contributed by atoms with Crippen LogP contribution in [0.15, 0.2) is 6.20 Å². The highest BCUT2D eigenvalue weighted by atomic mass is 16.5. The van der Waals surface area contributed by atoms with Crippen molar-refractivity contribution in [3.8, 4) is 0 Å². The molecule has 1 amide bonds. The molecule has 7 nitrogen and oxygen atoms in total. The van der Waals surface area contributed by atoms with Crippen molar-refractivity contribution in [2.45, 2.75) is 45.2 Å². The van der Waals surface area contributed by atoms with Crippen LogP contribution in [0.5, 0.6) is 0 Å². The fourth-order valence-corrected chi connectivity index (χ4v) is 2.43. The van der Waals surface area contributed by atoms with Crippen LogP contribution in [-0.2, 0) is 16.1 Å². The smallest absolute Gasteiger partial charge is 0.328 e. The average molecular weight is 309 g/mol. The number of ether oxygens (including phenoxy) is 1. The fraction of sp³-hybridized carbons (Fsp3) is 0.667. The Balaban J connectivity index is 2.18. The van der Waals surface area contributed by atoms with Gasteiger partial charge in [-0.05, 0) is 18.8 Å². The van der Waals surface area contributed by atoms with E-state index in [0.717, 1.165) is 25.1 Å². The van der Waals surface area contributed by atoms with Crippen LogP contribution in [0.3, 0.4) is 0 Å². The van der Waals surface area contributed by atoms with Crippen LogP contribution < -0.4 is 5.32 Å². The number of rotatable bonds is 8. The van der Waals surface area contributed by atoms with Crippen LogP contribution in [0.4, 0.5) is 0 Å². The third-order valence-corrected chi connectivity index (χ3v) is 3.56. The van der Waals surface area contributed by atoms with E-state index in [1.807, 2.05) is 4.68 Å². The summed E-state index contributed by atoms with van der Waals surface area (Å²) >= 11 is 0. The molecular formula is C15H23N3O4. The molecule has 1 aromatic heterocycles. The average Bonchev–Trinajstić information content (AvgIpc) is 3.19. The highest BCUT2D eigenvalue weighted by Gasteiger charge is 2.33. The number of carbonyl (C=O) groups excluding carboxylic acids is 1. The molecule has 1 aliphatic rings. The molecule has 1 unspecified atom stereocenters. The maximum atomic E-state index is 12.4. The van der Waals surface area contributed by atoms with Crippen LogP contribution in [0.25, 0.3) is 0 Å². The molecule has 22 heavy (non-hydrogen) atoms. The van der Waals surface area contributed by atoms with Crippen molar-refractivity contribution in [3.63, 3.8) is 0 Å². The number of nitrogens with one attached hydrogen (secondary N) is 1. The molecule has 122 valence electrons. The van der Waals surface area contributed by atoms with E-state index in [1.165, 1.54) is 13.3 Å². The number of carboxylic acid groups (broad SMARTS) is 1. The Kier molecular flexibility index (Phi) is 5.18. The van der Waals surface area contributed by atoms with Gasteiger partial charge in [0.15, 0.2) is 6.04 Å². The number of carboxylic acids is 1. The quantitative estimate of drug-likeness (QED) is 0.753. The van der Waals surface area contributed by atoms with Crippen LogP contribution in [-0.4, -0.2) is 46.5 Å². The monoisotopic (exact) mass is 309 g/mol. The molecule has 7 heteroatoms. The van der Waals surface area contributed by atoms with Gasteiger partial charge in [0.2, 0.25) is 0 Å². The molecule has 1 aromatic rings. The number of hydrogen-bond donors (Lipinski definition) is 2. The van der Waals surface area contributed by atoms with Crippen LogP contribution in [0, 0.1) is 5.92 Å². The zero-order chi connectivity index (χ0) is 16.3. The minimum Gasteiger partial charge on any atom is -0.480 e. The number of carbonyl (C=O) groups is 2. The Morgan fingerprint density at radius 2 is 2.18 bits per heavy atom. The Morgan fingerprint density at radius 1 is 1.50 bits per heavy atom. The normalized spacial score (nSPS) is 15.8. The fourth-order valence-electron chi connectivity index (χ4n) is 2.43. The summed E-state index contributed by atoms with van der Waals surface area (Å²) in [5.41, 5.74) is 1.40. The summed E-state index contributed by atoms with van der Waals surface area (Å²) in [5.74, 6) is -0.736. The highest BCUT2D eigenvalue weighted by molar-refractivity contribution is 5.97. The van der Waals surface area contributed by atoms with Crippen molar-refractivity contribution in [2.75, 3.05) is 13.7 Å². The second-order valence-corrected chi connectivity index (χ2v) is 6.11. The van der Waals surface area contributed by atoms with Gasteiger partial charge in [0.1, 0.15) is 0 Å². The van der Waals surface area contributed by atoms with Gasteiger partial charge in [-0.3, -0.25) is 9.48 Å². The third kappa shape index (κ3) is 3.85. The summed E-state index contributed by atoms with van der Waals surface area (Å²) in [6, 6.07) is -1.06. The van der Waals surface area contributed by atoms with Crippen molar-refractivity contribution in [1.29, 1.82) is 0 Å². The van der Waals surface area contributed by atoms with Gasteiger partial charge in [-0.15, -0.1) is 0 Å². The first-order valence-corrected chi connectivity index (χ1v) is 7.52. The number of nitrogens with zero attached hydrogens (tertiary/aromatic N) is 2. The Labute approximate surface area is 129 Å². The van der Waals surface area contributed by atoms with Gasteiger partial charge >= 0.3 is 5.97 Å². The molecular weight excluding hydrogens is 286 g/mol. The molecule has 1 aliphatic carbocycles. The molecule has 0 aromatic carbocycles. The molecule has 1 saturated carbocycles. The summed E-state index contributed by atoms with van der Waals surface area (Å²) in [6.07, 6.45) is 3.63. The Hall–Kier alpha value is -1.89. The van der Waals surface area contributed by atoms with E-state index in [1.54, 1.807) is 0 Å². The lowest BCUT2D eigenvalue weighted by Gasteiger charge is -2.14. The van der Waals surface area contributed by atoms with E-state index >= 15 is 0 Å². The lowest BCUT2D eigenvalue weighted by atomic mass is 10.1. The van der Waals surface area contributed by atoms with E-state index in [9.17, 15) is 9.59 Å². The Morgan fingerprint density at radius 3 is 2.68 bits per heavy atom. The molecule has 0 spiro atoms. The van der Waals surface area contributed by atoms with E-state index in [-0.39, 0.29) is 6.61 Å².